The molecule has 0 unspecified atom stereocenters. The van der Waals surface area contributed by atoms with Crippen LogP contribution in [0.1, 0.15) is 50.3 Å². The van der Waals surface area contributed by atoms with Crippen LogP contribution in [0.4, 0.5) is 5.82 Å². The number of aromatic amines is 1. The lowest BCUT2D eigenvalue weighted by Crippen LogP contribution is -2.32. The van der Waals surface area contributed by atoms with Crippen molar-refractivity contribution < 1.29 is 9.90 Å². The number of benzene rings is 1. The summed E-state index contributed by atoms with van der Waals surface area (Å²) < 4.78 is 0. The van der Waals surface area contributed by atoms with E-state index in [1.165, 1.54) is 24.1 Å². The molecule has 1 aliphatic rings. The number of carboxylic acids is 1. The van der Waals surface area contributed by atoms with Crippen LogP contribution in [-0.4, -0.2) is 32.1 Å². The number of aliphatic carboxylic acids is 1. The predicted octanol–water partition coefficient (Wildman–Crippen LogP) is 6.24. The molecule has 3 N–H and O–H groups in total. The van der Waals surface area contributed by atoms with Crippen LogP contribution in [-0.2, 0) is 11.2 Å². The molecule has 0 bridgehead atoms. The molecule has 32 heavy (non-hydrogen) atoms. The number of anilines is 1. The predicted molar refractivity (Wildman–Crippen MR) is 130 cm³/mol. The van der Waals surface area contributed by atoms with Gasteiger partial charge in [-0.3, -0.25) is 0 Å². The Morgan fingerprint density at radius 2 is 2.09 bits per heavy atom. The van der Waals surface area contributed by atoms with Crippen molar-refractivity contribution in [2.45, 2.75) is 57.9 Å². The van der Waals surface area contributed by atoms with Crippen molar-refractivity contribution in [3.05, 3.63) is 41.7 Å². The largest absolute Gasteiger partial charge is 0.480 e. The summed E-state index contributed by atoms with van der Waals surface area (Å²) in [6.45, 7) is 2.15. The van der Waals surface area contributed by atoms with Crippen molar-refractivity contribution in [3.63, 3.8) is 0 Å². The first-order chi connectivity index (χ1) is 15.7. The van der Waals surface area contributed by atoms with E-state index in [2.05, 4.69) is 51.5 Å². The average Bonchev–Trinajstić information content (AvgIpc) is 3.44. The summed E-state index contributed by atoms with van der Waals surface area (Å²) >= 11 is 1.67. The average molecular weight is 449 g/mol. The summed E-state index contributed by atoms with van der Waals surface area (Å²) in [5.41, 5.74) is 3.32. The van der Waals surface area contributed by atoms with E-state index in [0.29, 0.717) is 18.2 Å². The second kappa shape index (κ2) is 8.90. The van der Waals surface area contributed by atoms with Crippen LogP contribution in [0, 0.1) is 5.92 Å². The van der Waals surface area contributed by atoms with Crippen molar-refractivity contribution in [1.29, 1.82) is 0 Å². The highest BCUT2D eigenvalue weighted by Crippen LogP contribution is 2.43. The van der Waals surface area contributed by atoms with Crippen molar-refractivity contribution in [1.82, 2.24) is 15.0 Å². The van der Waals surface area contributed by atoms with Gasteiger partial charge in [0.05, 0.1) is 5.39 Å². The Morgan fingerprint density at radius 3 is 2.88 bits per heavy atom. The van der Waals surface area contributed by atoms with E-state index >= 15 is 0 Å². The zero-order chi connectivity index (χ0) is 22.1. The van der Waals surface area contributed by atoms with Gasteiger partial charge in [0.1, 0.15) is 23.0 Å². The van der Waals surface area contributed by atoms with E-state index in [-0.39, 0.29) is 0 Å². The molecule has 1 fully saturated rings. The molecule has 0 saturated heterocycles. The van der Waals surface area contributed by atoms with Gasteiger partial charge in [0.2, 0.25) is 0 Å². The first-order valence-corrected chi connectivity index (χ1v) is 12.3. The summed E-state index contributed by atoms with van der Waals surface area (Å²) in [7, 11) is 0. The van der Waals surface area contributed by atoms with Gasteiger partial charge < -0.3 is 15.4 Å². The second-order valence-corrected chi connectivity index (χ2v) is 9.76. The van der Waals surface area contributed by atoms with Crippen LogP contribution in [0.2, 0.25) is 0 Å². The summed E-state index contributed by atoms with van der Waals surface area (Å²) in [5.74, 6) is 0.260. The normalized spacial score (nSPS) is 15.9. The van der Waals surface area contributed by atoms with Crippen LogP contribution in [0.5, 0.6) is 0 Å². The molecule has 1 aliphatic carbocycles. The minimum absolute atomic E-state index is 0.455. The maximum absolute atomic E-state index is 12.2. The summed E-state index contributed by atoms with van der Waals surface area (Å²) in [5, 5.41) is 15.4. The molecular weight excluding hydrogens is 420 g/mol. The third kappa shape index (κ3) is 3.86. The highest BCUT2D eigenvalue weighted by molar-refractivity contribution is 7.19. The fourth-order valence-corrected chi connectivity index (χ4v) is 6.16. The smallest absolute Gasteiger partial charge is 0.326 e. The van der Waals surface area contributed by atoms with Gasteiger partial charge in [-0.05, 0) is 36.5 Å². The van der Waals surface area contributed by atoms with Gasteiger partial charge >= 0.3 is 5.97 Å². The third-order valence-electron chi connectivity index (χ3n) is 6.65. The van der Waals surface area contributed by atoms with Gasteiger partial charge in [-0.15, -0.1) is 11.3 Å². The van der Waals surface area contributed by atoms with E-state index in [0.717, 1.165) is 51.5 Å². The lowest BCUT2D eigenvalue weighted by molar-refractivity contribution is -0.138. The van der Waals surface area contributed by atoms with E-state index in [1.54, 1.807) is 17.7 Å². The molecule has 166 valence electrons. The number of nitrogens with zero attached hydrogens (tertiary/aromatic N) is 2. The van der Waals surface area contributed by atoms with E-state index in [9.17, 15) is 9.90 Å². The zero-order valence-corrected chi connectivity index (χ0v) is 19.0. The number of H-pyrrole nitrogens is 1. The van der Waals surface area contributed by atoms with E-state index in [1.807, 2.05) is 6.20 Å². The number of carboxylic acid groups (broad SMARTS) is 1. The second-order valence-electron chi connectivity index (χ2n) is 8.68. The van der Waals surface area contributed by atoms with Crippen LogP contribution >= 0.6 is 11.3 Å². The van der Waals surface area contributed by atoms with Crippen LogP contribution in [0.3, 0.4) is 0 Å². The molecule has 1 atom stereocenters. The number of nitrogens with one attached hydrogen (secondary N) is 2. The van der Waals surface area contributed by atoms with Gasteiger partial charge in [-0.25, -0.2) is 14.8 Å². The highest BCUT2D eigenvalue weighted by atomic mass is 32.1. The fraction of sp³-hybridized carbons (Fsp3) is 0.400. The van der Waals surface area contributed by atoms with Crippen LogP contribution in [0.15, 0.2) is 36.8 Å². The summed E-state index contributed by atoms with van der Waals surface area (Å²) in [6.07, 6.45) is 10.9. The Morgan fingerprint density at radius 1 is 1.25 bits per heavy atom. The zero-order valence-electron chi connectivity index (χ0n) is 18.2. The number of aromatic nitrogens is 3. The molecule has 1 aromatic carbocycles. The molecule has 6 nitrogen and oxygen atoms in total. The first kappa shape index (κ1) is 20.9. The fourth-order valence-electron chi connectivity index (χ4n) is 5.07. The molecule has 3 aromatic heterocycles. The molecule has 4 aromatic rings. The van der Waals surface area contributed by atoms with Gasteiger partial charge in [0, 0.05) is 27.5 Å². The Kier molecular flexibility index (Phi) is 5.83. The number of thiophene rings is 1. The van der Waals surface area contributed by atoms with Gasteiger partial charge in [-0.2, -0.15) is 0 Å². The van der Waals surface area contributed by atoms with Gasteiger partial charge in [-0.1, -0.05) is 51.2 Å². The minimum atomic E-state index is -0.817. The number of fused-ring (bicyclic) bond motifs is 2. The van der Waals surface area contributed by atoms with Crippen molar-refractivity contribution in [3.8, 4) is 11.1 Å². The molecule has 7 heteroatoms. The number of carbonyl (C=O) groups is 1. The molecule has 1 saturated carbocycles. The van der Waals surface area contributed by atoms with Crippen LogP contribution < -0.4 is 5.32 Å². The molecule has 0 amide bonds. The molecule has 0 radical (unpaired) electrons. The monoisotopic (exact) mass is 448 g/mol. The number of hydrogen-bond acceptors (Lipinski definition) is 5. The topological polar surface area (TPSA) is 90.9 Å². The highest BCUT2D eigenvalue weighted by Gasteiger charge is 2.27. The SMILES string of the molecule is CCc1sc2ncnc(N[C@H](CC3CCCCC3)C(=O)O)c2c1-c1cccc2[nH]ccc12. The molecule has 5 rings (SSSR count). The maximum Gasteiger partial charge on any atom is 0.326 e. The van der Waals surface area contributed by atoms with Gasteiger partial charge in [0.25, 0.3) is 0 Å². The number of hydrogen-bond donors (Lipinski definition) is 3. The van der Waals surface area contributed by atoms with Crippen molar-refractivity contribution in [2.24, 2.45) is 5.92 Å². The lowest BCUT2D eigenvalue weighted by Gasteiger charge is -2.25. The number of rotatable bonds is 7. The summed E-state index contributed by atoms with van der Waals surface area (Å²) in [4.78, 5) is 26.7. The van der Waals surface area contributed by atoms with Crippen molar-refractivity contribution in [2.75, 3.05) is 5.32 Å². The molecule has 0 spiro atoms. The Hall–Kier alpha value is -2.93. The lowest BCUT2D eigenvalue weighted by atomic mass is 9.85. The molecule has 0 aliphatic heterocycles. The Bertz CT molecular complexity index is 1260. The standard InChI is InChI=1S/C25H28N4O2S/c1-2-20-21(17-9-6-10-18-16(17)11-12-26-18)22-23(27-14-28-24(22)32-20)29-19(25(30)31)13-15-7-4-3-5-8-15/h6,9-12,14-15,19,26H,2-5,7-8,13H2,1H3,(H,30,31)(H,27,28,29)/t19-/m1/s1. The molecule has 3 heterocycles. The van der Waals surface area contributed by atoms with E-state index in [4.69, 9.17) is 0 Å². The van der Waals surface area contributed by atoms with Gasteiger partial charge in [0.15, 0.2) is 0 Å². The Balaban J connectivity index is 1.60. The minimum Gasteiger partial charge on any atom is -0.480 e. The van der Waals surface area contributed by atoms with Crippen molar-refractivity contribution >= 4 is 44.2 Å². The third-order valence-corrected chi connectivity index (χ3v) is 7.89. The Labute approximate surface area is 191 Å². The van der Waals surface area contributed by atoms with Crippen LogP contribution in [0.25, 0.3) is 32.2 Å². The van der Waals surface area contributed by atoms with E-state index < -0.39 is 12.0 Å². The maximum atomic E-state index is 12.2. The quantitative estimate of drug-likeness (QED) is 0.311. The first-order valence-electron chi connectivity index (χ1n) is 11.5. The summed E-state index contributed by atoms with van der Waals surface area (Å²) in [6, 6.07) is 7.69. The number of aryl methyl sites for hydroxylation is 1. The molecular formula is C25H28N4O2S.